The van der Waals surface area contributed by atoms with Crippen LogP contribution in [0.1, 0.15) is 40.9 Å². The number of carbonyl (C=O) groups excluding carboxylic acids is 1. The zero-order valence-corrected chi connectivity index (χ0v) is 16.2. The van der Waals surface area contributed by atoms with Crippen molar-refractivity contribution in [2.45, 2.75) is 25.1 Å². The van der Waals surface area contributed by atoms with Gasteiger partial charge >= 0.3 is 0 Å². The Morgan fingerprint density at radius 3 is 2.83 bits per heavy atom. The van der Waals surface area contributed by atoms with Crippen molar-refractivity contribution < 1.29 is 19.5 Å². The Morgan fingerprint density at radius 1 is 1.24 bits per heavy atom. The van der Waals surface area contributed by atoms with Gasteiger partial charge in [-0.05, 0) is 35.6 Å². The fourth-order valence-electron chi connectivity index (χ4n) is 4.75. The third-order valence-corrected chi connectivity index (χ3v) is 6.05. The predicted molar refractivity (Wildman–Crippen MR) is 106 cm³/mol. The molecule has 1 fully saturated rings. The Kier molecular flexibility index (Phi) is 4.49. The van der Waals surface area contributed by atoms with E-state index in [0.29, 0.717) is 18.8 Å². The van der Waals surface area contributed by atoms with Crippen molar-refractivity contribution in [3.05, 3.63) is 64.7 Å². The van der Waals surface area contributed by atoms with Crippen molar-refractivity contribution in [3.8, 4) is 5.75 Å². The molecule has 2 N–H and O–H groups in total. The molecule has 1 amide bonds. The van der Waals surface area contributed by atoms with Crippen molar-refractivity contribution in [2.75, 3.05) is 20.3 Å². The molecule has 5 rings (SSSR count). The molecule has 7 nitrogen and oxygen atoms in total. The molecule has 0 radical (unpaired) electrons. The lowest BCUT2D eigenvalue weighted by Gasteiger charge is -2.24. The summed E-state index contributed by atoms with van der Waals surface area (Å²) in [5.41, 5.74) is 7.32. The van der Waals surface area contributed by atoms with E-state index in [9.17, 15) is 9.90 Å². The quantitative estimate of drug-likeness (QED) is 0.813. The fourth-order valence-corrected chi connectivity index (χ4v) is 4.75. The molecule has 1 aliphatic carbocycles. The van der Waals surface area contributed by atoms with E-state index in [1.165, 1.54) is 5.56 Å². The molecular weight excluding hydrogens is 370 g/mol. The number of hydrogen-bond acceptors (Lipinski definition) is 6. The molecule has 2 aromatic rings. The number of ether oxygens (including phenoxy) is 1. The largest absolute Gasteiger partial charge is 0.497 e. The van der Waals surface area contributed by atoms with Crippen LogP contribution in [0.25, 0.3) is 0 Å². The SMILES string of the molecule is COc1ccc(C2N=C(c3cccc4c3CC3CC(=O)N(CCO)C43)NO2)cc1. The number of rotatable bonds is 5. The number of likely N-dealkylation sites (tertiary alicyclic amines) is 1. The second-order valence-corrected chi connectivity index (χ2v) is 7.62. The summed E-state index contributed by atoms with van der Waals surface area (Å²) in [6, 6.07) is 13.8. The van der Waals surface area contributed by atoms with E-state index in [1.807, 2.05) is 41.3 Å². The van der Waals surface area contributed by atoms with Gasteiger partial charge in [0, 0.05) is 24.1 Å². The minimum absolute atomic E-state index is 0.0182. The highest BCUT2D eigenvalue weighted by Gasteiger charge is 2.46. The van der Waals surface area contributed by atoms with Gasteiger partial charge in [-0.25, -0.2) is 15.3 Å². The molecule has 29 heavy (non-hydrogen) atoms. The van der Waals surface area contributed by atoms with Crippen LogP contribution in [0, 0.1) is 5.92 Å². The standard InChI is InChI=1S/C22H23N3O4/c1-28-15-7-5-13(6-8-15)22-23-21(24-29-22)17-4-2-3-16-18(17)11-14-12-19(27)25(9-10-26)20(14)16/h2-8,14,20,22,26H,9-12H2,1H3,(H,23,24). The first-order chi connectivity index (χ1) is 14.2. The van der Waals surface area contributed by atoms with Gasteiger partial charge < -0.3 is 14.7 Å². The van der Waals surface area contributed by atoms with Crippen molar-refractivity contribution in [2.24, 2.45) is 10.9 Å². The van der Waals surface area contributed by atoms with E-state index in [0.717, 1.165) is 28.9 Å². The number of amides is 1. The summed E-state index contributed by atoms with van der Waals surface area (Å²) in [5, 5.41) is 9.36. The predicted octanol–water partition coefficient (Wildman–Crippen LogP) is 2.11. The molecule has 3 atom stereocenters. The fraction of sp³-hybridized carbons (Fsp3) is 0.364. The topological polar surface area (TPSA) is 83.4 Å². The number of nitrogens with zero attached hydrogens (tertiary/aromatic N) is 2. The van der Waals surface area contributed by atoms with Crippen LogP contribution < -0.4 is 10.2 Å². The van der Waals surface area contributed by atoms with Crippen molar-refractivity contribution >= 4 is 11.7 Å². The first-order valence-electron chi connectivity index (χ1n) is 9.85. The Balaban J connectivity index is 1.45. The minimum Gasteiger partial charge on any atom is -0.497 e. The van der Waals surface area contributed by atoms with Crippen LogP contribution >= 0.6 is 0 Å². The van der Waals surface area contributed by atoms with E-state index in [4.69, 9.17) is 14.6 Å². The summed E-state index contributed by atoms with van der Waals surface area (Å²) in [5.74, 6) is 1.89. The number of aliphatic hydroxyl groups excluding tert-OH is 1. The van der Waals surface area contributed by atoms with Crippen LogP contribution in [-0.2, 0) is 16.1 Å². The van der Waals surface area contributed by atoms with Crippen LogP contribution in [0.2, 0.25) is 0 Å². The van der Waals surface area contributed by atoms with Crippen LogP contribution in [-0.4, -0.2) is 42.0 Å². The molecule has 2 aliphatic heterocycles. The third-order valence-electron chi connectivity index (χ3n) is 6.05. The lowest BCUT2D eigenvalue weighted by Crippen LogP contribution is -2.30. The van der Waals surface area contributed by atoms with Gasteiger partial charge in [-0.2, -0.15) is 0 Å². The highest BCUT2D eigenvalue weighted by atomic mass is 16.7. The van der Waals surface area contributed by atoms with E-state index in [2.05, 4.69) is 11.5 Å². The maximum absolute atomic E-state index is 12.3. The van der Waals surface area contributed by atoms with Gasteiger partial charge in [0.05, 0.1) is 19.8 Å². The number of β-amino-alcohol motifs (C(OH)–C–C–N with tert-alkyl or cyclic N) is 1. The second kappa shape index (κ2) is 7.17. The lowest BCUT2D eigenvalue weighted by molar-refractivity contribution is -0.129. The minimum atomic E-state index is -0.417. The number of hydroxylamine groups is 1. The molecule has 0 spiro atoms. The van der Waals surface area contributed by atoms with Crippen LogP contribution in [0.5, 0.6) is 5.75 Å². The van der Waals surface area contributed by atoms with E-state index in [-0.39, 0.29) is 24.5 Å². The van der Waals surface area contributed by atoms with Gasteiger partial charge in [-0.1, -0.05) is 30.3 Å². The van der Waals surface area contributed by atoms with Crippen LogP contribution in [0.4, 0.5) is 0 Å². The second-order valence-electron chi connectivity index (χ2n) is 7.62. The lowest BCUT2D eigenvalue weighted by atomic mass is 10.0. The van der Waals surface area contributed by atoms with Crippen molar-refractivity contribution in [1.29, 1.82) is 0 Å². The van der Waals surface area contributed by atoms with E-state index >= 15 is 0 Å². The van der Waals surface area contributed by atoms with Gasteiger partial charge in [-0.3, -0.25) is 4.79 Å². The Bertz CT molecular complexity index is 973. The van der Waals surface area contributed by atoms with Crippen LogP contribution in [0.15, 0.2) is 47.5 Å². The third kappa shape index (κ3) is 2.97. The van der Waals surface area contributed by atoms with Gasteiger partial charge in [0.25, 0.3) is 0 Å². The van der Waals surface area contributed by atoms with Gasteiger partial charge in [0.15, 0.2) is 5.84 Å². The first kappa shape index (κ1) is 18.1. The number of carbonyl (C=O) groups is 1. The molecule has 0 aromatic heterocycles. The smallest absolute Gasteiger partial charge is 0.223 e. The summed E-state index contributed by atoms with van der Waals surface area (Å²) in [6.07, 6.45) is 0.946. The summed E-state index contributed by atoms with van der Waals surface area (Å²) in [7, 11) is 1.64. The monoisotopic (exact) mass is 393 g/mol. The summed E-state index contributed by atoms with van der Waals surface area (Å²) >= 11 is 0. The van der Waals surface area contributed by atoms with Gasteiger partial charge in [0.1, 0.15) is 5.75 Å². The van der Waals surface area contributed by atoms with E-state index < -0.39 is 6.23 Å². The average molecular weight is 393 g/mol. The van der Waals surface area contributed by atoms with Crippen LogP contribution in [0.3, 0.4) is 0 Å². The maximum atomic E-state index is 12.3. The number of benzene rings is 2. The number of hydrogen-bond donors (Lipinski definition) is 2. The number of fused-ring (bicyclic) bond motifs is 3. The van der Waals surface area contributed by atoms with Crippen molar-refractivity contribution in [1.82, 2.24) is 10.4 Å². The zero-order valence-electron chi connectivity index (χ0n) is 16.2. The van der Waals surface area contributed by atoms with Gasteiger partial charge in [0.2, 0.25) is 12.1 Å². The molecule has 0 saturated carbocycles. The molecule has 3 unspecified atom stereocenters. The van der Waals surface area contributed by atoms with E-state index in [1.54, 1.807) is 7.11 Å². The highest BCUT2D eigenvalue weighted by Crippen LogP contribution is 2.48. The Hall–Kier alpha value is -2.90. The number of amidine groups is 1. The molecule has 7 heteroatoms. The Morgan fingerprint density at radius 2 is 2.07 bits per heavy atom. The zero-order chi connectivity index (χ0) is 20.0. The molecule has 3 aliphatic rings. The molecule has 0 bridgehead atoms. The highest BCUT2D eigenvalue weighted by molar-refractivity contribution is 6.01. The molecule has 1 saturated heterocycles. The number of aliphatic hydroxyl groups is 1. The number of aliphatic imine (C=N–C) groups is 1. The molecule has 150 valence electrons. The average Bonchev–Trinajstić information content (AvgIpc) is 3.43. The number of methoxy groups -OCH3 is 1. The Labute approximate surface area is 168 Å². The molecular formula is C22H23N3O4. The van der Waals surface area contributed by atoms with Gasteiger partial charge in [-0.15, -0.1) is 0 Å². The maximum Gasteiger partial charge on any atom is 0.223 e. The van der Waals surface area contributed by atoms with Crippen molar-refractivity contribution in [3.63, 3.8) is 0 Å². The summed E-state index contributed by atoms with van der Waals surface area (Å²) in [6.45, 7) is 0.362. The molecule has 2 heterocycles. The molecule has 2 aromatic carbocycles. The summed E-state index contributed by atoms with van der Waals surface area (Å²) < 4.78 is 5.21. The first-order valence-corrected chi connectivity index (χ1v) is 9.85. The number of nitrogens with one attached hydrogen (secondary N) is 1. The summed E-state index contributed by atoms with van der Waals surface area (Å²) in [4.78, 5) is 24.6. The normalized spacial score (nSPS) is 24.9.